The molecule has 1 unspecified atom stereocenters. The number of nitrogens with zero attached hydrogens (tertiary/aromatic N) is 1. The Hall–Kier alpha value is -1.88. The van der Waals surface area contributed by atoms with Crippen LogP contribution in [0, 0.1) is 0 Å². The quantitative estimate of drug-likeness (QED) is 0.302. The molecular formula is C17H25NO4. The van der Waals surface area contributed by atoms with E-state index in [-0.39, 0.29) is 6.79 Å². The van der Waals surface area contributed by atoms with Crippen LogP contribution in [-0.4, -0.2) is 24.4 Å². The summed E-state index contributed by atoms with van der Waals surface area (Å²) in [5.74, 6) is 0.0456. The molecule has 0 spiro atoms. The normalized spacial score (nSPS) is 13.3. The molecule has 0 N–H and O–H groups in total. The predicted molar refractivity (Wildman–Crippen MR) is 84.5 cm³/mol. The molecule has 0 aliphatic carbocycles. The molecule has 0 aliphatic rings. The summed E-state index contributed by atoms with van der Waals surface area (Å²) >= 11 is 0. The van der Waals surface area contributed by atoms with E-state index in [0.29, 0.717) is 24.5 Å². The first kappa shape index (κ1) is 18.2. The summed E-state index contributed by atoms with van der Waals surface area (Å²) in [4.78, 5) is 16.1. The maximum absolute atomic E-state index is 11.9. The van der Waals surface area contributed by atoms with Crippen LogP contribution >= 0.6 is 0 Å². The molecule has 1 heterocycles. The molecule has 122 valence electrons. The summed E-state index contributed by atoms with van der Waals surface area (Å²) in [5, 5.41) is 0. The zero-order valence-electron chi connectivity index (χ0n) is 13.8. The van der Waals surface area contributed by atoms with E-state index >= 15 is 0 Å². The highest BCUT2D eigenvalue weighted by molar-refractivity contribution is 5.87. The second-order valence-electron chi connectivity index (χ2n) is 5.29. The van der Waals surface area contributed by atoms with Crippen LogP contribution in [0.4, 0.5) is 0 Å². The van der Waals surface area contributed by atoms with Crippen LogP contribution in [-0.2, 0) is 19.9 Å². The van der Waals surface area contributed by atoms with E-state index in [1.165, 1.54) is 0 Å². The van der Waals surface area contributed by atoms with Crippen LogP contribution in [0.2, 0.25) is 0 Å². The third-order valence-corrected chi connectivity index (χ3v) is 3.23. The van der Waals surface area contributed by atoms with Crippen LogP contribution in [0.25, 0.3) is 0 Å². The number of hydrogen-bond donors (Lipinski definition) is 0. The third-order valence-electron chi connectivity index (χ3n) is 3.23. The highest BCUT2D eigenvalue weighted by atomic mass is 16.7. The van der Waals surface area contributed by atoms with Crippen molar-refractivity contribution in [1.29, 1.82) is 0 Å². The summed E-state index contributed by atoms with van der Waals surface area (Å²) in [5.41, 5.74) is 0.479. The molecule has 0 amide bonds. The van der Waals surface area contributed by atoms with Gasteiger partial charge in [0.15, 0.2) is 6.79 Å². The predicted octanol–water partition coefficient (Wildman–Crippen LogP) is 3.59. The van der Waals surface area contributed by atoms with E-state index in [1.807, 2.05) is 26.8 Å². The smallest absolute Gasteiger partial charge is 0.333 e. The summed E-state index contributed by atoms with van der Waals surface area (Å²) in [6, 6.07) is 3.61. The van der Waals surface area contributed by atoms with Gasteiger partial charge in [-0.05, 0) is 33.3 Å². The van der Waals surface area contributed by atoms with E-state index in [9.17, 15) is 4.79 Å². The Labute approximate surface area is 132 Å². The Bertz CT molecular complexity index is 515. The maximum Gasteiger partial charge on any atom is 0.333 e. The highest BCUT2D eigenvalue weighted by Crippen LogP contribution is 2.32. The van der Waals surface area contributed by atoms with Crippen molar-refractivity contribution in [3.05, 3.63) is 36.0 Å². The van der Waals surface area contributed by atoms with Gasteiger partial charge in [0.25, 0.3) is 0 Å². The SMILES string of the molecule is C=C(C)C(=O)OC(C)(CCC)c1ccnc(OCOCC)c1. The zero-order valence-corrected chi connectivity index (χ0v) is 13.8. The van der Waals surface area contributed by atoms with Crippen LogP contribution in [0.3, 0.4) is 0 Å². The molecule has 1 rings (SSSR count). The average Bonchev–Trinajstić information content (AvgIpc) is 2.48. The fourth-order valence-electron chi connectivity index (χ4n) is 2.03. The Kier molecular flexibility index (Phi) is 7.05. The third kappa shape index (κ3) is 5.15. The van der Waals surface area contributed by atoms with Crippen LogP contribution in [0.15, 0.2) is 30.5 Å². The fraction of sp³-hybridized carbons (Fsp3) is 0.529. The summed E-state index contributed by atoms with van der Waals surface area (Å²) in [6.07, 6.45) is 3.21. The number of rotatable bonds is 9. The van der Waals surface area contributed by atoms with Gasteiger partial charge in [0.05, 0.1) is 0 Å². The number of pyridine rings is 1. The molecule has 0 saturated heterocycles. The van der Waals surface area contributed by atoms with E-state index < -0.39 is 11.6 Å². The largest absolute Gasteiger partial charge is 0.451 e. The van der Waals surface area contributed by atoms with Crippen molar-refractivity contribution >= 4 is 5.97 Å². The lowest BCUT2D eigenvalue weighted by Crippen LogP contribution is -2.29. The van der Waals surface area contributed by atoms with Gasteiger partial charge in [-0.2, -0.15) is 0 Å². The Balaban J connectivity index is 2.97. The molecule has 22 heavy (non-hydrogen) atoms. The Morgan fingerprint density at radius 1 is 1.41 bits per heavy atom. The van der Waals surface area contributed by atoms with Crippen LogP contribution in [0.5, 0.6) is 5.88 Å². The Morgan fingerprint density at radius 2 is 2.14 bits per heavy atom. The number of hydrogen-bond acceptors (Lipinski definition) is 5. The molecule has 0 aromatic carbocycles. The van der Waals surface area contributed by atoms with Gasteiger partial charge in [-0.3, -0.25) is 0 Å². The molecule has 0 radical (unpaired) electrons. The lowest BCUT2D eigenvalue weighted by atomic mass is 9.91. The molecule has 0 bridgehead atoms. The minimum absolute atomic E-state index is 0.142. The zero-order chi connectivity index (χ0) is 16.6. The first-order valence-corrected chi connectivity index (χ1v) is 7.49. The van der Waals surface area contributed by atoms with Gasteiger partial charge in [0.2, 0.25) is 5.88 Å². The first-order chi connectivity index (χ1) is 10.4. The molecule has 1 aromatic heterocycles. The number of esters is 1. The number of aromatic nitrogens is 1. The van der Waals surface area contributed by atoms with Crippen molar-refractivity contribution in [2.45, 2.75) is 46.1 Å². The van der Waals surface area contributed by atoms with Crippen LogP contribution < -0.4 is 4.74 Å². The Morgan fingerprint density at radius 3 is 2.73 bits per heavy atom. The van der Waals surface area contributed by atoms with Crippen molar-refractivity contribution in [1.82, 2.24) is 4.98 Å². The first-order valence-electron chi connectivity index (χ1n) is 7.49. The van der Waals surface area contributed by atoms with Gasteiger partial charge in [-0.1, -0.05) is 19.9 Å². The molecule has 0 aliphatic heterocycles. The van der Waals surface area contributed by atoms with Crippen LogP contribution in [0.1, 0.15) is 46.1 Å². The van der Waals surface area contributed by atoms with Gasteiger partial charge in [-0.25, -0.2) is 9.78 Å². The molecule has 1 atom stereocenters. The molecule has 5 nitrogen and oxygen atoms in total. The standard InChI is InChI=1S/C17H25NO4/c1-6-9-17(5,22-16(19)13(3)4)14-8-10-18-15(11-14)21-12-20-7-2/h8,10-11H,3,6-7,9,12H2,1-2,4-5H3. The lowest BCUT2D eigenvalue weighted by molar-refractivity contribution is -0.155. The van der Waals surface area contributed by atoms with Gasteiger partial charge < -0.3 is 14.2 Å². The molecule has 0 saturated carbocycles. The van der Waals surface area contributed by atoms with Gasteiger partial charge in [0.1, 0.15) is 5.60 Å². The minimum atomic E-state index is -0.739. The van der Waals surface area contributed by atoms with Gasteiger partial charge in [0, 0.05) is 30.0 Å². The monoisotopic (exact) mass is 307 g/mol. The number of ether oxygens (including phenoxy) is 3. The number of carbonyl (C=O) groups excluding carboxylic acids is 1. The van der Waals surface area contributed by atoms with Crippen molar-refractivity contribution in [3.63, 3.8) is 0 Å². The van der Waals surface area contributed by atoms with Gasteiger partial charge in [-0.15, -0.1) is 0 Å². The summed E-state index contributed by atoms with van der Waals surface area (Å²) in [6.45, 7) is 11.8. The second-order valence-corrected chi connectivity index (χ2v) is 5.29. The highest BCUT2D eigenvalue weighted by Gasteiger charge is 2.31. The summed E-state index contributed by atoms with van der Waals surface area (Å²) < 4.78 is 16.2. The van der Waals surface area contributed by atoms with Crippen molar-refractivity contribution in [2.75, 3.05) is 13.4 Å². The fourth-order valence-corrected chi connectivity index (χ4v) is 2.03. The van der Waals surface area contributed by atoms with E-state index in [2.05, 4.69) is 11.6 Å². The number of carbonyl (C=O) groups is 1. The molecule has 0 fully saturated rings. The summed E-state index contributed by atoms with van der Waals surface area (Å²) in [7, 11) is 0. The average molecular weight is 307 g/mol. The topological polar surface area (TPSA) is 57.7 Å². The van der Waals surface area contributed by atoms with Crippen molar-refractivity contribution in [2.24, 2.45) is 0 Å². The van der Waals surface area contributed by atoms with Crippen molar-refractivity contribution in [3.8, 4) is 5.88 Å². The van der Waals surface area contributed by atoms with E-state index in [0.717, 1.165) is 12.0 Å². The molecular weight excluding hydrogens is 282 g/mol. The van der Waals surface area contributed by atoms with Gasteiger partial charge >= 0.3 is 5.97 Å². The van der Waals surface area contributed by atoms with E-state index in [1.54, 1.807) is 19.2 Å². The lowest BCUT2D eigenvalue weighted by Gasteiger charge is -2.30. The molecule has 5 heteroatoms. The van der Waals surface area contributed by atoms with E-state index in [4.69, 9.17) is 14.2 Å². The minimum Gasteiger partial charge on any atom is -0.451 e. The van der Waals surface area contributed by atoms with Crippen molar-refractivity contribution < 1.29 is 19.0 Å². The maximum atomic E-state index is 11.9. The molecule has 1 aromatic rings. The second kappa shape index (κ2) is 8.54.